The molecule has 1 fully saturated rings. The minimum atomic E-state index is -3.76. The van der Waals surface area contributed by atoms with Crippen LogP contribution in [0.2, 0.25) is 0 Å². The number of aliphatic hydroxyl groups is 1. The van der Waals surface area contributed by atoms with Crippen LogP contribution < -0.4 is 9.04 Å². The van der Waals surface area contributed by atoms with E-state index < -0.39 is 16.1 Å². The van der Waals surface area contributed by atoms with Crippen LogP contribution in [0.3, 0.4) is 0 Å². The highest BCUT2D eigenvalue weighted by Crippen LogP contribution is 2.28. The number of aryl methyl sites for hydroxylation is 1. The first-order valence-electron chi connectivity index (χ1n) is 10.4. The van der Waals surface area contributed by atoms with Crippen LogP contribution >= 0.6 is 0 Å². The van der Waals surface area contributed by atoms with E-state index in [9.17, 15) is 18.3 Å². The number of amides is 1. The number of carbonyl (C=O) groups is 1. The number of nitrogens with zero attached hydrogens (tertiary/aromatic N) is 2. The predicted molar refractivity (Wildman–Crippen MR) is 120 cm³/mol. The van der Waals surface area contributed by atoms with Gasteiger partial charge >= 0.3 is 0 Å². The van der Waals surface area contributed by atoms with Gasteiger partial charge in [-0.25, -0.2) is 8.42 Å². The van der Waals surface area contributed by atoms with Crippen LogP contribution in [-0.4, -0.2) is 57.7 Å². The van der Waals surface area contributed by atoms with E-state index in [1.165, 1.54) is 30.6 Å². The van der Waals surface area contributed by atoms with Gasteiger partial charge in [0.1, 0.15) is 5.75 Å². The SMILES string of the molecule is COc1ccc(S(=O)(=O)N(C)c2ccc(C(=O)N(C)[C@H]3CCCC[C@H]3O)cc2C)cc1. The van der Waals surface area contributed by atoms with E-state index >= 15 is 0 Å². The Morgan fingerprint density at radius 3 is 2.29 bits per heavy atom. The van der Waals surface area contributed by atoms with Crippen molar-refractivity contribution in [1.82, 2.24) is 4.90 Å². The average molecular weight is 447 g/mol. The third-order valence-electron chi connectivity index (χ3n) is 6.01. The lowest BCUT2D eigenvalue weighted by atomic mass is 9.91. The highest BCUT2D eigenvalue weighted by Gasteiger charge is 2.30. The first-order valence-corrected chi connectivity index (χ1v) is 11.8. The first-order chi connectivity index (χ1) is 14.7. The maximum Gasteiger partial charge on any atom is 0.264 e. The summed E-state index contributed by atoms with van der Waals surface area (Å²) >= 11 is 0. The second-order valence-corrected chi connectivity index (χ2v) is 9.95. The first kappa shape index (κ1) is 23.1. The van der Waals surface area contributed by atoms with Crippen molar-refractivity contribution < 1.29 is 23.1 Å². The lowest BCUT2D eigenvalue weighted by Crippen LogP contribution is -2.46. The van der Waals surface area contributed by atoms with E-state index in [0.29, 0.717) is 29.0 Å². The molecular weight excluding hydrogens is 416 g/mol. The van der Waals surface area contributed by atoms with Gasteiger partial charge in [0.25, 0.3) is 15.9 Å². The topological polar surface area (TPSA) is 87.2 Å². The van der Waals surface area contributed by atoms with Crippen LogP contribution in [0.5, 0.6) is 5.75 Å². The zero-order chi connectivity index (χ0) is 22.8. The number of anilines is 1. The molecule has 0 bridgehead atoms. The molecule has 1 amide bonds. The second kappa shape index (κ2) is 9.28. The molecule has 1 N–H and O–H groups in total. The standard InChI is InChI=1S/C23H30N2O5S/c1-16-15-17(23(27)24(2)21-7-5-6-8-22(21)26)9-14-20(16)25(3)31(28,29)19-12-10-18(30-4)11-13-19/h9-15,21-22,26H,5-8H2,1-4H3/t21-,22+/m0/s1. The molecule has 0 unspecified atom stereocenters. The summed E-state index contributed by atoms with van der Waals surface area (Å²) < 4.78 is 32.4. The maximum atomic E-state index is 13.0. The molecule has 2 aromatic rings. The molecule has 2 aromatic carbocycles. The number of hydrogen-bond donors (Lipinski definition) is 1. The van der Waals surface area contributed by atoms with Crippen molar-refractivity contribution >= 4 is 21.6 Å². The fourth-order valence-electron chi connectivity index (χ4n) is 4.07. The Kier molecular flexibility index (Phi) is 6.91. The lowest BCUT2D eigenvalue weighted by molar-refractivity contribution is 0.0268. The van der Waals surface area contributed by atoms with E-state index in [-0.39, 0.29) is 16.8 Å². The molecule has 168 valence electrons. The molecule has 0 aromatic heterocycles. The molecule has 0 aliphatic heterocycles. The number of benzene rings is 2. The Morgan fingerprint density at radius 2 is 1.71 bits per heavy atom. The number of sulfonamides is 1. The van der Waals surface area contributed by atoms with Gasteiger partial charge < -0.3 is 14.7 Å². The lowest BCUT2D eigenvalue weighted by Gasteiger charge is -2.35. The van der Waals surface area contributed by atoms with Crippen LogP contribution in [0.25, 0.3) is 0 Å². The largest absolute Gasteiger partial charge is 0.497 e. The highest BCUT2D eigenvalue weighted by molar-refractivity contribution is 7.92. The van der Waals surface area contributed by atoms with E-state index in [4.69, 9.17) is 4.74 Å². The van der Waals surface area contributed by atoms with Gasteiger partial charge in [-0.3, -0.25) is 9.10 Å². The summed E-state index contributed by atoms with van der Waals surface area (Å²) in [4.78, 5) is 14.7. The van der Waals surface area contributed by atoms with Crippen molar-refractivity contribution in [3.8, 4) is 5.75 Å². The molecular formula is C23H30N2O5S. The number of aliphatic hydroxyl groups excluding tert-OH is 1. The maximum absolute atomic E-state index is 13.0. The number of likely N-dealkylation sites (N-methyl/N-ethyl adjacent to an activating group) is 1. The smallest absolute Gasteiger partial charge is 0.264 e. The Labute approximate surface area is 184 Å². The van der Waals surface area contributed by atoms with Crippen molar-refractivity contribution in [2.75, 3.05) is 25.5 Å². The number of hydrogen-bond acceptors (Lipinski definition) is 5. The average Bonchev–Trinajstić information content (AvgIpc) is 2.78. The fourth-order valence-corrected chi connectivity index (χ4v) is 5.33. The van der Waals surface area contributed by atoms with E-state index in [1.54, 1.807) is 49.2 Å². The molecule has 1 aliphatic rings. The normalized spacial score (nSPS) is 19.0. The number of rotatable bonds is 6. The van der Waals surface area contributed by atoms with E-state index in [0.717, 1.165) is 19.3 Å². The monoisotopic (exact) mass is 446 g/mol. The molecule has 0 saturated heterocycles. The minimum Gasteiger partial charge on any atom is -0.497 e. The zero-order valence-electron chi connectivity index (χ0n) is 18.4. The van der Waals surface area contributed by atoms with Gasteiger partial charge in [0.15, 0.2) is 0 Å². The van der Waals surface area contributed by atoms with Crippen molar-refractivity contribution in [3.05, 3.63) is 53.6 Å². The predicted octanol–water partition coefficient (Wildman–Crippen LogP) is 3.20. The number of ether oxygens (including phenoxy) is 1. The summed E-state index contributed by atoms with van der Waals surface area (Å²) in [7, 11) is 0.965. The van der Waals surface area contributed by atoms with Gasteiger partial charge in [0, 0.05) is 19.7 Å². The summed E-state index contributed by atoms with van der Waals surface area (Å²) in [5.41, 5.74) is 1.63. The van der Waals surface area contributed by atoms with Crippen molar-refractivity contribution in [3.63, 3.8) is 0 Å². The van der Waals surface area contributed by atoms with E-state index in [2.05, 4.69) is 0 Å². The van der Waals surface area contributed by atoms with Gasteiger partial charge in [0.2, 0.25) is 0 Å². The third-order valence-corrected chi connectivity index (χ3v) is 7.80. The summed E-state index contributed by atoms with van der Waals surface area (Å²) in [6.45, 7) is 1.78. The number of methoxy groups -OCH3 is 1. The molecule has 31 heavy (non-hydrogen) atoms. The molecule has 1 saturated carbocycles. The van der Waals surface area contributed by atoms with Gasteiger partial charge in [-0.15, -0.1) is 0 Å². The van der Waals surface area contributed by atoms with Crippen LogP contribution in [0.4, 0.5) is 5.69 Å². The summed E-state index contributed by atoms with van der Waals surface area (Å²) in [6.07, 6.45) is 2.94. The third kappa shape index (κ3) is 4.70. The Bertz CT molecular complexity index is 1040. The molecule has 3 rings (SSSR count). The Morgan fingerprint density at radius 1 is 1.06 bits per heavy atom. The zero-order valence-corrected chi connectivity index (χ0v) is 19.2. The summed E-state index contributed by atoms with van der Waals surface area (Å²) in [5, 5.41) is 10.3. The molecule has 8 heteroatoms. The van der Waals surface area contributed by atoms with Crippen LogP contribution in [0.1, 0.15) is 41.6 Å². The second-order valence-electron chi connectivity index (χ2n) is 7.98. The van der Waals surface area contributed by atoms with Crippen molar-refractivity contribution in [2.24, 2.45) is 0 Å². The van der Waals surface area contributed by atoms with Crippen molar-refractivity contribution in [2.45, 2.75) is 49.6 Å². The molecule has 0 spiro atoms. The molecule has 1 aliphatic carbocycles. The molecule has 2 atom stereocenters. The molecule has 0 heterocycles. The van der Waals surface area contributed by atoms with Gasteiger partial charge in [-0.2, -0.15) is 0 Å². The van der Waals surface area contributed by atoms with Gasteiger partial charge in [-0.1, -0.05) is 12.8 Å². The molecule has 0 radical (unpaired) electrons. The van der Waals surface area contributed by atoms with E-state index in [1.807, 2.05) is 0 Å². The highest BCUT2D eigenvalue weighted by atomic mass is 32.2. The minimum absolute atomic E-state index is 0.154. The van der Waals surface area contributed by atoms with Gasteiger partial charge in [0.05, 0.1) is 29.8 Å². The van der Waals surface area contributed by atoms with Crippen LogP contribution in [0.15, 0.2) is 47.4 Å². The molecule has 7 nitrogen and oxygen atoms in total. The van der Waals surface area contributed by atoms with Gasteiger partial charge in [-0.05, 0) is 67.8 Å². The summed E-state index contributed by atoms with van der Waals surface area (Å²) in [5.74, 6) is 0.397. The number of carbonyl (C=O) groups excluding carboxylic acids is 1. The fraction of sp³-hybridized carbons (Fsp3) is 0.435. The van der Waals surface area contributed by atoms with Crippen LogP contribution in [0, 0.1) is 6.92 Å². The quantitative estimate of drug-likeness (QED) is 0.736. The van der Waals surface area contributed by atoms with Crippen LogP contribution in [-0.2, 0) is 10.0 Å². The Hall–Kier alpha value is -2.58. The Balaban J connectivity index is 1.83. The van der Waals surface area contributed by atoms with Crippen molar-refractivity contribution in [1.29, 1.82) is 0 Å². The summed E-state index contributed by atoms with van der Waals surface area (Å²) in [6, 6.07) is 11.0.